The summed E-state index contributed by atoms with van der Waals surface area (Å²) in [5.74, 6) is 0. The van der Waals surface area contributed by atoms with Gasteiger partial charge in [-0.1, -0.05) is 79.1 Å². The van der Waals surface area contributed by atoms with Crippen LogP contribution >= 0.6 is 0 Å². The van der Waals surface area contributed by atoms with Gasteiger partial charge in [-0.05, 0) is 0 Å². The third-order valence-corrected chi connectivity index (χ3v) is 4.14. The molecule has 0 amide bonds. The maximum atomic E-state index is 3.42. The molecule has 0 heterocycles. The Hall–Kier alpha value is -0.274. The molecule has 0 aliphatic heterocycles. The van der Waals surface area contributed by atoms with E-state index < -0.39 is 0 Å². The average molecular weight is 323 g/mol. The molecular weight excluding hydrogens is 289 g/mol. The first kappa shape index (κ1) is 22.7. The summed E-state index contributed by atoms with van der Waals surface area (Å²) in [5, 5.41) is 0. The van der Waals surface area contributed by atoms with Crippen LogP contribution in [-0.4, -0.2) is 23.1 Å². The molecule has 0 saturated heterocycles. The Morgan fingerprint density at radius 3 is 1.30 bits per heavy atom. The summed E-state index contributed by atoms with van der Waals surface area (Å²) in [6, 6.07) is 0. The van der Waals surface area contributed by atoms with E-state index in [1.54, 1.807) is 11.1 Å². The molecule has 0 fully saturated rings. The Labute approximate surface area is 161 Å². The largest absolute Gasteiger partial charge is 2.00 e. The Kier molecular flexibility index (Phi) is 13.9. The molecule has 23 heavy (non-hydrogen) atoms. The molecule has 0 saturated carbocycles. The maximum absolute atomic E-state index is 3.42. The molecule has 0 atom stereocenters. The fourth-order valence-corrected chi connectivity index (χ4v) is 3.11. The van der Waals surface area contributed by atoms with Crippen LogP contribution in [0, 0.1) is 12.2 Å². The summed E-state index contributed by atoms with van der Waals surface area (Å²) in [5.41, 5.74) is 6.12. The van der Waals surface area contributed by atoms with Crippen molar-refractivity contribution in [1.29, 1.82) is 0 Å². The van der Waals surface area contributed by atoms with E-state index in [4.69, 9.17) is 0 Å². The van der Waals surface area contributed by atoms with Crippen molar-refractivity contribution in [3.8, 4) is 0 Å². The fraction of sp³-hybridized carbons (Fsp3) is 0.636. The van der Waals surface area contributed by atoms with Gasteiger partial charge in [0.05, 0.1) is 0 Å². The van der Waals surface area contributed by atoms with Crippen molar-refractivity contribution in [3.63, 3.8) is 0 Å². The number of rotatable bonds is 8. The van der Waals surface area contributed by atoms with Gasteiger partial charge in [0, 0.05) is 0 Å². The second-order valence-electron chi connectivity index (χ2n) is 6.18. The van der Waals surface area contributed by atoms with Gasteiger partial charge in [0.25, 0.3) is 0 Å². The van der Waals surface area contributed by atoms with E-state index in [-0.39, 0.29) is 23.1 Å². The van der Waals surface area contributed by atoms with Gasteiger partial charge in [0.1, 0.15) is 0 Å². The molecule has 0 nitrogen and oxygen atoms in total. The van der Waals surface area contributed by atoms with Crippen molar-refractivity contribution < 1.29 is 0 Å². The smallest absolute Gasteiger partial charge is 0.269 e. The zero-order valence-corrected chi connectivity index (χ0v) is 17.3. The van der Waals surface area contributed by atoms with Crippen molar-refractivity contribution in [1.82, 2.24) is 0 Å². The molecule has 0 unspecified atom stereocenters. The van der Waals surface area contributed by atoms with E-state index in [1.807, 2.05) is 0 Å². The van der Waals surface area contributed by atoms with Crippen LogP contribution in [0.2, 0.25) is 0 Å². The van der Waals surface area contributed by atoms with Crippen molar-refractivity contribution in [2.75, 3.05) is 0 Å². The fourth-order valence-electron chi connectivity index (χ4n) is 3.11. The van der Waals surface area contributed by atoms with Crippen LogP contribution in [0.1, 0.15) is 91.9 Å². The van der Waals surface area contributed by atoms with Gasteiger partial charge >= 0.3 is 23.1 Å². The topological polar surface area (TPSA) is 0 Å². The third-order valence-electron chi connectivity index (χ3n) is 4.14. The van der Waals surface area contributed by atoms with Crippen molar-refractivity contribution in [2.24, 2.45) is 0 Å². The first-order chi connectivity index (χ1) is 10.8. The zero-order chi connectivity index (χ0) is 16.2. The van der Waals surface area contributed by atoms with Crippen LogP contribution in [0.5, 0.6) is 0 Å². The summed E-state index contributed by atoms with van der Waals surface area (Å²) in [4.78, 5) is 0. The summed E-state index contributed by atoms with van der Waals surface area (Å²) < 4.78 is 0. The van der Waals surface area contributed by atoms with Gasteiger partial charge in [0.2, 0.25) is 0 Å². The van der Waals surface area contributed by atoms with E-state index in [1.165, 1.54) is 62.5 Å². The normalized spacial score (nSPS) is 15.8. The van der Waals surface area contributed by atoms with Crippen LogP contribution in [-0.2, 0) is 0 Å². The molecular formula is C22H34Mg. The molecule has 1 heteroatoms. The summed E-state index contributed by atoms with van der Waals surface area (Å²) in [7, 11) is 0. The third kappa shape index (κ3) is 8.40. The minimum Gasteiger partial charge on any atom is -0.269 e. The molecule has 0 radical (unpaired) electrons. The van der Waals surface area contributed by atoms with Crippen molar-refractivity contribution in [2.45, 2.75) is 91.9 Å². The molecule has 0 bridgehead atoms. The van der Waals surface area contributed by atoms with E-state index in [0.29, 0.717) is 0 Å². The molecule has 0 N–H and O–H groups in total. The Morgan fingerprint density at radius 2 is 1.00 bits per heavy atom. The van der Waals surface area contributed by atoms with E-state index in [2.05, 4.69) is 52.0 Å². The van der Waals surface area contributed by atoms with Crippen LogP contribution in [0.4, 0.5) is 0 Å². The van der Waals surface area contributed by atoms with Gasteiger partial charge < -0.3 is 0 Å². The minimum absolute atomic E-state index is 0. The van der Waals surface area contributed by atoms with E-state index in [0.717, 1.165) is 12.8 Å². The molecule has 2 aliphatic rings. The quantitative estimate of drug-likeness (QED) is 0.336. The molecule has 2 rings (SSSR count). The first-order valence-electron chi connectivity index (χ1n) is 9.34. The molecule has 2 aliphatic carbocycles. The summed E-state index contributed by atoms with van der Waals surface area (Å²) in [6.45, 7) is 8.94. The van der Waals surface area contributed by atoms with Crippen molar-refractivity contribution >= 4 is 23.1 Å². The minimum atomic E-state index is 0. The number of allylic oxidation sites excluding steroid dienone is 8. The Morgan fingerprint density at radius 1 is 0.652 bits per heavy atom. The van der Waals surface area contributed by atoms with Gasteiger partial charge in [-0.3, -0.25) is 12.2 Å². The standard InChI is InChI=1S/2C11H17.Mg/c2*1-3-6-10-8-5-9-11(10)7-4-2;/h2*8H,3-7H2,1-2H3;/q2*-1;+2. The monoisotopic (exact) mass is 322 g/mol. The van der Waals surface area contributed by atoms with Crippen molar-refractivity contribution in [3.05, 3.63) is 46.6 Å². The number of hydrogen-bond donors (Lipinski definition) is 0. The van der Waals surface area contributed by atoms with Gasteiger partial charge in [0.15, 0.2) is 0 Å². The molecule has 0 aromatic heterocycles. The average Bonchev–Trinajstić information content (AvgIpc) is 3.12. The second-order valence-corrected chi connectivity index (χ2v) is 6.18. The molecule has 0 aromatic rings. The van der Waals surface area contributed by atoms with Crippen LogP contribution < -0.4 is 0 Å². The Balaban J connectivity index is 0.000000403. The first-order valence-corrected chi connectivity index (χ1v) is 9.34. The molecule has 124 valence electrons. The maximum Gasteiger partial charge on any atom is 2.00 e. The van der Waals surface area contributed by atoms with Gasteiger partial charge in [-0.15, -0.1) is 12.8 Å². The predicted molar refractivity (Wildman–Crippen MR) is 104 cm³/mol. The van der Waals surface area contributed by atoms with Crippen LogP contribution in [0.15, 0.2) is 34.4 Å². The number of hydrogen-bond acceptors (Lipinski definition) is 0. The van der Waals surface area contributed by atoms with Gasteiger partial charge in [-0.25, -0.2) is 11.1 Å². The molecule has 0 aromatic carbocycles. The second kappa shape index (κ2) is 14.1. The van der Waals surface area contributed by atoms with Crippen LogP contribution in [0.3, 0.4) is 0 Å². The SMILES string of the molecule is CCCC1=[C-]CC=C1CCC.CCCC1=[C-]CC=C1CCC.[Mg+2]. The molecule has 0 spiro atoms. The van der Waals surface area contributed by atoms with E-state index >= 15 is 0 Å². The van der Waals surface area contributed by atoms with E-state index in [9.17, 15) is 0 Å². The predicted octanol–water partition coefficient (Wildman–Crippen LogP) is 6.91. The van der Waals surface area contributed by atoms with Crippen LogP contribution in [0.25, 0.3) is 0 Å². The van der Waals surface area contributed by atoms with Gasteiger partial charge in [-0.2, -0.15) is 23.3 Å². The zero-order valence-electron chi connectivity index (χ0n) is 15.9. The Bertz CT molecular complexity index is 353. The summed E-state index contributed by atoms with van der Waals surface area (Å²) in [6.07, 6.45) is 23.6. The summed E-state index contributed by atoms with van der Waals surface area (Å²) >= 11 is 0.